The Morgan fingerprint density at radius 3 is 2.76 bits per heavy atom. The second-order valence-corrected chi connectivity index (χ2v) is 6.82. The highest BCUT2D eigenvalue weighted by Gasteiger charge is 2.30. The van der Waals surface area contributed by atoms with Crippen LogP contribution in [0.4, 0.5) is 0 Å². The van der Waals surface area contributed by atoms with Gasteiger partial charge < -0.3 is 10.1 Å². The first-order valence-corrected chi connectivity index (χ1v) is 7.34. The standard InChI is InChI=1S/C13H26N2OS/c1-6-13(4)10-17-11(15-13)14-9-12(2,3)7-8-16-5/h6-10H2,1-5H3,(H,14,15). The fourth-order valence-electron chi connectivity index (χ4n) is 1.58. The number of aliphatic imine (C=N–C) groups is 1. The van der Waals surface area contributed by atoms with E-state index in [1.165, 1.54) is 0 Å². The molecule has 1 unspecified atom stereocenters. The molecule has 3 nitrogen and oxygen atoms in total. The summed E-state index contributed by atoms with van der Waals surface area (Å²) in [6, 6.07) is 0. The molecule has 0 aromatic heterocycles. The van der Waals surface area contributed by atoms with Crippen LogP contribution in [0.5, 0.6) is 0 Å². The molecule has 0 aromatic rings. The Bertz CT molecular complexity index is 279. The van der Waals surface area contributed by atoms with Gasteiger partial charge in [-0.2, -0.15) is 0 Å². The third kappa shape index (κ3) is 4.88. The van der Waals surface area contributed by atoms with Crippen molar-refractivity contribution in [2.24, 2.45) is 10.4 Å². The van der Waals surface area contributed by atoms with Crippen LogP contribution in [0.25, 0.3) is 0 Å². The van der Waals surface area contributed by atoms with Crippen LogP contribution in [-0.4, -0.2) is 36.7 Å². The van der Waals surface area contributed by atoms with Crippen LogP contribution in [0.1, 0.15) is 40.5 Å². The molecule has 1 saturated heterocycles. The van der Waals surface area contributed by atoms with Gasteiger partial charge in [-0.1, -0.05) is 32.5 Å². The Labute approximate surface area is 110 Å². The van der Waals surface area contributed by atoms with Gasteiger partial charge in [-0.3, -0.25) is 4.99 Å². The molecule has 1 rings (SSSR count). The summed E-state index contributed by atoms with van der Waals surface area (Å²) in [6.45, 7) is 10.7. The SMILES string of the molecule is CCC1(C)CSC(=NCC(C)(C)CCOC)N1. The van der Waals surface area contributed by atoms with E-state index in [4.69, 9.17) is 9.73 Å². The Balaban J connectivity index is 2.44. The van der Waals surface area contributed by atoms with E-state index < -0.39 is 0 Å². The van der Waals surface area contributed by atoms with Gasteiger partial charge in [-0.05, 0) is 25.2 Å². The predicted molar refractivity (Wildman–Crippen MR) is 76.9 cm³/mol. The Kier molecular flexibility index (Phi) is 5.32. The lowest BCUT2D eigenvalue weighted by Gasteiger charge is -2.23. The number of hydrogen-bond donors (Lipinski definition) is 1. The van der Waals surface area contributed by atoms with Gasteiger partial charge in [-0.15, -0.1) is 0 Å². The van der Waals surface area contributed by atoms with E-state index in [1.807, 2.05) is 11.8 Å². The fraction of sp³-hybridized carbons (Fsp3) is 0.923. The summed E-state index contributed by atoms with van der Waals surface area (Å²) >= 11 is 1.85. The summed E-state index contributed by atoms with van der Waals surface area (Å²) in [5.41, 5.74) is 0.455. The average Bonchev–Trinajstić information content (AvgIpc) is 2.67. The van der Waals surface area contributed by atoms with Gasteiger partial charge in [0.25, 0.3) is 0 Å². The van der Waals surface area contributed by atoms with E-state index in [-0.39, 0.29) is 11.0 Å². The molecule has 0 spiro atoms. The highest BCUT2D eigenvalue weighted by molar-refractivity contribution is 8.14. The molecule has 4 heteroatoms. The molecule has 0 radical (unpaired) electrons. The van der Waals surface area contributed by atoms with E-state index in [0.717, 1.165) is 36.9 Å². The summed E-state index contributed by atoms with van der Waals surface area (Å²) in [4.78, 5) is 4.70. The minimum absolute atomic E-state index is 0.219. The number of methoxy groups -OCH3 is 1. The van der Waals surface area contributed by atoms with E-state index in [0.29, 0.717) is 0 Å². The molecule has 1 fully saturated rings. The van der Waals surface area contributed by atoms with E-state index in [2.05, 4.69) is 33.0 Å². The van der Waals surface area contributed by atoms with Crippen LogP contribution in [0.3, 0.4) is 0 Å². The summed E-state index contributed by atoms with van der Waals surface area (Å²) in [7, 11) is 1.75. The van der Waals surface area contributed by atoms with Crippen molar-refractivity contribution < 1.29 is 4.74 Å². The molecule has 100 valence electrons. The van der Waals surface area contributed by atoms with Crippen LogP contribution < -0.4 is 5.32 Å². The van der Waals surface area contributed by atoms with E-state index in [1.54, 1.807) is 7.11 Å². The zero-order valence-electron chi connectivity index (χ0n) is 11.8. The van der Waals surface area contributed by atoms with Crippen molar-refractivity contribution in [3.8, 4) is 0 Å². The summed E-state index contributed by atoms with van der Waals surface area (Å²) < 4.78 is 5.13. The third-order valence-electron chi connectivity index (χ3n) is 3.35. The zero-order valence-corrected chi connectivity index (χ0v) is 12.6. The Hall–Kier alpha value is -0.220. The topological polar surface area (TPSA) is 33.6 Å². The average molecular weight is 258 g/mol. The van der Waals surface area contributed by atoms with E-state index in [9.17, 15) is 0 Å². The van der Waals surface area contributed by atoms with Crippen molar-refractivity contribution in [3.05, 3.63) is 0 Å². The van der Waals surface area contributed by atoms with Crippen molar-refractivity contribution in [1.29, 1.82) is 0 Å². The second-order valence-electron chi connectivity index (χ2n) is 5.86. The molecule has 1 N–H and O–H groups in total. The molecular weight excluding hydrogens is 232 g/mol. The molecule has 0 aromatic carbocycles. The van der Waals surface area contributed by atoms with Crippen molar-refractivity contribution in [2.75, 3.05) is 26.0 Å². The van der Waals surface area contributed by atoms with Gasteiger partial charge in [-0.25, -0.2) is 0 Å². The molecule has 0 aliphatic carbocycles. The largest absolute Gasteiger partial charge is 0.385 e. The Morgan fingerprint density at radius 2 is 2.24 bits per heavy atom. The number of thioether (sulfide) groups is 1. The highest BCUT2D eigenvalue weighted by atomic mass is 32.2. The van der Waals surface area contributed by atoms with Crippen LogP contribution in [0, 0.1) is 5.41 Å². The molecule has 17 heavy (non-hydrogen) atoms. The number of nitrogens with zero attached hydrogens (tertiary/aromatic N) is 1. The van der Waals surface area contributed by atoms with Crippen LogP contribution in [0.2, 0.25) is 0 Å². The summed E-state index contributed by atoms with van der Waals surface area (Å²) in [5.74, 6) is 1.13. The quantitative estimate of drug-likeness (QED) is 0.795. The van der Waals surface area contributed by atoms with E-state index >= 15 is 0 Å². The first-order valence-electron chi connectivity index (χ1n) is 6.35. The zero-order chi connectivity index (χ0) is 12.9. The molecule has 1 aliphatic rings. The van der Waals surface area contributed by atoms with Crippen LogP contribution in [0.15, 0.2) is 4.99 Å². The van der Waals surface area contributed by atoms with Gasteiger partial charge in [0.15, 0.2) is 5.17 Å². The van der Waals surface area contributed by atoms with Gasteiger partial charge >= 0.3 is 0 Å². The number of nitrogens with one attached hydrogen (secondary N) is 1. The first kappa shape index (κ1) is 14.8. The predicted octanol–water partition coefficient (Wildman–Crippen LogP) is 2.91. The number of amidine groups is 1. The first-order chi connectivity index (χ1) is 7.91. The lowest BCUT2D eigenvalue weighted by atomic mass is 9.90. The van der Waals surface area contributed by atoms with Gasteiger partial charge in [0, 0.05) is 31.6 Å². The molecule has 1 aliphatic heterocycles. The van der Waals surface area contributed by atoms with Gasteiger partial charge in [0.2, 0.25) is 0 Å². The molecule has 0 bridgehead atoms. The third-order valence-corrected chi connectivity index (χ3v) is 4.64. The van der Waals surface area contributed by atoms with Crippen molar-refractivity contribution in [2.45, 2.75) is 46.1 Å². The van der Waals surface area contributed by atoms with Crippen LogP contribution >= 0.6 is 11.8 Å². The van der Waals surface area contributed by atoms with Gasteiger partial charge in [0.1, 0.15) is 0 Å². The van der Waals surface area contributed by atoms with Gasteiger partial charge in [0.05, 0.1) is 0 Å². The van der Waals surface area contributed by atoms with Crippen molar-refractivity contribution in [1.82, 2.24) is 5.32 Å². The molecule has 1 heterocycles. The minimum atomic E-state index is 0.219. The molecular formula is C13H26N2OS. The monoisotopic (exact) mass is 258 g/mol. The minimum Gasteiger partial charge on any atom is -0.385 e. The maximum atomic E-state index is 5.13. The lowest BCUT2D eigenvalue weighted by Crippen LogP contribution is -2.39. The smallest absolute Gasteiger partial charge is 0.157 e. The van der Waals surface area contributed by atoms with Crippen molar-refractivity contribution >= 4 is 16.9 Å². The maximum Gasteiger partial charge on any atom is 0.157 e. The fourth-order valence-corrected chi connectivity index (χ4v) is 2.78. The van der Waals surface area contributed by atoms with Crippen molar-refractivity contribution in [3.63, 3.8) is 0 Å². The normalized spacial score (nSPS) is 27.5. The number of hydrogen-bond acceptors (Lipinski definition) is 3. The van der Waals surface area contributed by atoms with Crippen LogP contribution in [-0.2, 0) is 4.74 Å². The lowest BCUT2D eigenvalue weighted by molar-refractivity contribution is 0.155. The molecule has 0 amide bonds. The highest BCUT2D eigenvalue weighted by Crippen LogP contribution is 2.27. The second kappa shape index (κ2) is 6.10. The number of ether oxygens (including phenoxy) is 1. The molecule has 1 atom stereocenters. The summed E-state index contributed by atoms with van der Waals surface area (Å²) in [6.07, 6.45) is 2.20. The Morgan fingerprint density at radius 1 is 1.53 bits per heavy atom. The number of rotatable bonds is 6. The summed E-state index contributed by atoms with van der Waals surface area (Å²) in [5, 5.41) is 4.64. The molecule has 0 saturated carbocycles. The maximum absolute atomic E-state index is 5.13.